The number of nitrogens with one attached hydrogen (secondary N) is 1. The Morgan fingerprint density at radius 1 is 0.925 bits per heavy atom. The summed E-state index contributed by atoms with van der Waals surface area (Å²) >= 11 is 1.67. The molecule has 0 fully saturated rings. The van der Waals surface area contributed by atoms with Crippen LogP contribution in [0.3, 0.4) is 0 Å². The van der Waals surface area contributed by atoms with Crippen molar-refractivity contribution in [1.82, 2.24) is 0 Å². The molecule has 0 aliphatic heterocycles. The number of carbonyl (C=O) groups excluding carboxylic acids is 1. The molecule has 1 N–H and O–H groups in total. The number of fused-ring (bicyclic) bond motifs is 1. The molecule has 1 aliphatic carbocycles. The van der Waals surface area contributed by atoms with Gasteiger partial charge in [0.15, 0.2) is 0 Å². The molecule has 0 saturated heterocycles. The van der Waals surface area contributed by atoms with Gasteiger partial charge in [0.05, 0.1) is 12.7 Å². The van der Waals surface area contributed by atoms with Gasteiger partial charge in [0.1, 0.15) is 23.1 Å². The Hall–Kier alpha value is -3.90. The van der Waals surface area contributed by atoms with Gasteiger partial charge in [-0.3, -0.25) is 4.79 Å². The smallest absolute Gasteiger partial charge is 0.259 e. The zero-order valence-corrected chi connectivity index (χ0v) is 24.3. The Bertz CT molecular complexity index is 1490. The minimum atomic E-state index is -0.0683. The molecule has 206 valence electrons. The Balaban J connectivity index is 1.34. The van der Waals surface area contributed by atoms with Crippen LogP contribution in [0.1, 0.15) is 68.7 Å². The molecular weight excluding hydrogens is 516 g/mol. The normalized spacial score (nSPS) is 13.4. The lowest BCUT2D eigenvalue weighted by Crippen LogP contribution is -2.15. The molecule has 0 bridgehead atoms. The van der Waals surface area contributed by atoms with Crippen LogP contribution in [0.2, 0.25) is 0 Å². The van der Waals surface area contributed by atoms with Crippen LogP contribution in [0.5, 0.6) is 11.5 Å². The number of benzene rings is 3. The maximum absolute atomic E-state index is 13.7. The molecule has 0 spiro atoms. The van der Waals surface area contributed by atoms with E-state index in [1.165, 1.54) is 23.3 Å². The van der Waals surface area contributed by atoms with E-state index in [0.717, 1.165) is 75.7 Å². The van der Waals surface area contributed by atoms with Gasteiger partial charge in [-0.2, -0.15) is 0 Å². The van der Waals surface area contributed by atoms with Crippen LogP contribution >= 0.6 is 11.3 Å². The highest BCUT2D eigenvalue weighted by atomic mass is 32.1. The number of aryl methyl sites for hydroxylation is 3. The lowest BCUT2D eigenvalue weighted by molar-refractivity contribution is 0.102. The van der Waals surface area contributed by atoms with E-state index in [1.807, 2.05) is 80.7 Å². The Morgan fingerprint density at radius 2 is 1.65 bits per heavy atom. The first-order valence-corrected chi connectivity index (χ1v) is 14.7. The van der Waals surface area contributed by atoms with Gasteiger partial charge in [0.2, 0.25) is 0 Å². The number of aliphatic imine (C=N–C) groups is 1. The number of methoxy groups -OCH3 is 1. The number of rotatable bonds is 8. The van der Waals surface area contributed by atoms with E-state index in [0.29, 0.717) is 6.61 Å². The Morgan fingerprint density at radius 3 is 2.40 bits per heavy atom. The highest BCUT2D eigenvalue weighted by Crippen LogP contribution is 2.39. The number of ether oxygens (including phenoxy) is 2. The summed E-state index contributed by atoms with van der Waals surface area (Å²) in [5.74, 6) is 1.55. The van der Waals surface area contributed by atoms with Crippen molar-refractivity contribution in [1.29, 1.82) is 0 Å². The van der Waals surface area contributed by atoms with Crippen LogP contribution in [0.15, 0.2) is 71.7 Å². The summed E-state index contributed by atoms with van der Waals surface area (Å²) in [4.78, 5) is 19.9. The molecule has 5 rings (SSSR count). The van der Waals surface area contributed by atoms with Crippen LogP contribution in [0.4, 0.5) is 10.7 Å². The molecule has 40 heavy (non-hydrogen) atoms. The van der Waals surface area contributed by atoms with E-state index >= 15 is 0 Å². The van der Waals surface area contributed by atoms with Crippen molar-refractivity contribution in [3.8, 4) is 11.5 Å². The van der Waals surface area contributed by atoms with Crippen molar-refractivity contribution in [3.05, 3.63) is 105 Å². The van der Waals surface area contributed by atoms with E-state index < -0.39 is 0 Å². The molecule has 1 amide bonds. The van der Waals surface area contributed by atoms with Crippen molar-refractivity contribution in [2.24, 2.45) is 4.99 Å². The van der Waals surface area contributed by atoms with Crippen molar-refractivity contribution in [2.75, 3.05) is 12.4 Å². The third-order valence-electron chi connectivity index (χ3n) is 7.30. The largest absolute Gasteiger partial charge is 0.497 e. The first-order valence-electron chi connectivity index (χ1n) is 13.9. The molecule has 5 nitrogen and oxygen atoms in total. The molecule has 0 radical (unpaired) electrons. The molecule has 1 aromatic heterocycles. The highest BCUT2D eigenvalue weighted by Gasteiger charge is 2.24. The topological polar surface area (TPSA) is 59.9 Å². The van der Waals surface area contributed by atoms with Crippen LogP contribution in [-0.4, -0.2) is 19.2 Å². The molecule has 3 aromatic carbocycles. The summed E-state index contributed by atoms with van der Waals surface area (Å²) in [6, 6.07) is 21.9. The third kappa shape index (κ3) is 6.80. The van der Waals surface area contributed by atoms with Crippen molar-refractivity contribution in [3.63, 3.8) is 0 Å². The van der Waals surface area contributed by atoms with Gasteiger partial charge < -0.3 is 14.8 Å². The molecule has 0 atom stereocenters. The number of amides is 1. The average Bonchev–Trinajstić information content (AvgIpc) is 3.29. The zero-order valence-electron chi connectivity index (χ0n) is 23.5. The minimum Gasteiger partial charge on any atom is -0.497 e. The SMILES string of the molecule is COc1ccc(COc2ccc(C=Nc3sc4c(c3C(=O)Nc3cc(C)ccc3C)CCCCCC4)cc2)cc1. The van der Waals surface area contributed by atoms with Crippen molar-refractivity contribution >= 4 is 34.1 Å². The van der Waals surface area contributed by atoms with Gasteiger partial charge in [-0.1, -0.05) is 37.1 Å². The average molecular weight is 553 g/mol. The highest BCUT2D eigenvalue weighted by molar-refractivity contribution is 7.16. The standard InChI is InChI=1S/C34H36N2O3S/c1-23-10-11-24(2)30(20-23)36-33(37)32-29-8-6-4-5-7-9-31(29)40-34(32)35-21-25-12-18-28(19-13-25)39-22-26-14-16-27(38-3)17-15-26/h10-21H,4-9,22H2,1-3H3,(H,36,37). The molecule has 0 saturated carbocycles. The van der Waals surface area contributed by atoms with Crippen LogP contribution in [0.25, 0.3) is 0 Å². The van der Waals surface area contributed by atoms with Crippen molar-refractivity contribution in [2.45, 2.75) is 59.0 Å². The zero-order chi connectivity index (χ0) is 27.9. The lowest BCUT2D eigenvalue weighted by atomic mass is 9.96. The monoisotopic (exact) mass is 552 g/mol. The molecule has 0 unspecified atom stereocenters. The lowest BCUT2D eigenvalue weighted by Gasteiger charge is -2.13. The van der Waals surface area contributed by atoms with Crippen LogP contribution < -0.4 is 14.8 Å². The number of hydrogen-bond acceptors (Lipinski definition) is 5. The van der Waals surface area contributed by atoms with Crippen LogP contribution in [0, 0.1) is 13.8 Å². The second-order valence-electron chi connectivity index (χ2n) is 10.3. The summed E-state index contributed by atoms with van der Waals surface area (Å²) in [5, 5.41) is 3.98. The summed E-state index contributed by atoms with van der Waals surface area (Å²) in [7, 11) is 1.66. The molecule has 1 aliphatic rings. The summed E-state index contributed by atoms with van der Waals surface area (Å²) in [6.07, 6.45) is 8.50. The third-order valence-corrected chi connectivity index (χ3v) is 8.50. The second-order valence-corrected chi connectivity index (χ2v) is 11.4. The van der Waals surface area contributed by atoms with Gasteiger partial charge in [-0.15, -0.1) is 11.3 Å². The minimum absolute atomic E-state index is 0.0683. The maximum Gasteiger partial charge on any atom is 0.259 e. The van der Waals surface area contributed by atoms with Gasteiger partial charge in [0, 0.05) is 16.8 Å². The molecule has 4 aromatic rings. The summed E-state index contributed by atoms with van der Waals surface area (Å²) in [6.45, 7) is 4.55. The van der Waals surface area contributed by atoms with E-state index in [1.54, 1.807) is 18.4 Å². The fourth-order valence-electron chi connectivity index (χ4n) is 4.96. The predicted octanol–water partition coefficient (Wildman–Crippen LogP) is 8.61. The first kappa shape index (κ1) is 27.7. The number of nitrogens with zero attached hydrogens (tertiary/aromatic N) is 1. The fraction of sp³-hybridized carbons (Fsp3) is 0.294. The van der Waals surface area contributed by atoms with E-state index in [4.69, 9.17) is 14.5 Å². The molecule has 1 heterocycles. The molecule has 6 heteroatoms. The maximum atomic E-state index is 13.7. The number of hydrogen-bond donors (Lipinski definition) is 1. The van der Waals surface area contributed by atoms with E-state index in [9.17, 15) is 4.79 Å². The van der Waals surface area contributed by atoms with E-state index in [-0.39, 0.29) is 5.91 Å². The predicted molar refractivity (Wildman–Crippen MR) is 165 cm³/mol. The number of thiophene rings is 1. The fourth-order valence-corrected chi connectivity index (χ4v) is 6.19. The summed E-state index contributed by atoms with van der Waals surface area (Å²) in [5.41, 5.74) is 6.98. The Labute approximate surface area is 240 Å². The first-order chi connectivity index (χ1) is 19.5. The van der Waals surface area contributed by atoms with Gasteiger partial charge in [0.25, 0.3) is 5.91 Å². The second kappa shape index (κ2) is 13.0. The van der Waals surface area contributed by atoms with Gasteiger partial charge in [-0.05, 0) is 110 Å². The summed E-state index contributed by atoms with van der Waals surface area (Å²) < 4.78 is 11.2. The van der Waals surface area contributed by atoms with Crippen LogP contribution in [-0.2, 0) is 19.4 Å². The quantitative estimate of drug-likeness (QED) is 0.223. The number of anilines is 1. The Kier molecular flexibility index (Phi) is 8.97. The van der Waals surface area contributed by atoms with E-state index in [2.05, 4.69) is 11.4 Å². The van der Waals surface area contributed by atoms with Crippen molar-refractivity contribution < 1.29 is 14.3 Å². The molecular formula is C34H36N2O3S. The van der Waals surface area contributed by atoms with Gasteiger partial charge in [-0.25, -0.2) is 4.99 Å². The number of carbonyl (C=O) groups is 1. The van der Waals surface area contributed by atoms with Gasteiger partial charge >= 0.3 is 0 Å².